The molecule has 1 aliphatic rings. The number of benzene rings is 1. The highest BCUT2D eigenvalue weighted by molar-refractivity contribution is 7.90. The third-order valence-electron chi connectivity index (χ3n) is 4.05. The molecule has 1 aromatic rings. The van der Waals surface area contributed by atoms with Crippen molar-refractivity contribution in [2.75, 3.05) is 19.3 Å². The molecule has 0 bridgehead atoms. The summed E-state index contributed by atoms with van der Waals surface area (Å²) in [6.45, 7) is 3.97. The fraction of sp³-hybridized carbons (Fsp3) is 0.467. The second kappa shape index (κ2) is 5.72. The number of likely N-dealkylation sites (tertiary alicyclic amines) is 1. The van der Waals surface area contributed by atoms with Crippen molar-refractivity contribution in [2.45, 2.75) is 18.7 Å². The molecule has 0 saturated carbocycles. The lowest BCUT2D eigenvalue weighted by Gasteiger charge is -2.17. The van der Waals surface area contributed by atoms with Gasteiger partial charge in [0.15, 0.2) is 9.84 Å². The largest absolute Gasteiger partial charge is 0.481 e. The monoisotopic (exact) mass is 325 g/mol. The maximum Gasteiger partial charge on any atom is 0.308 e. The molecule has 0 unspecified atom stereocenters. The van der Waals surface area contributed by atoms with Crippen molar-refractivity contribution in [3.63, 3.8) is 0 Å². The summed E-state index contributed by atoms with van der Waals surface area (Å²) >= 11 is 0. The average Bonchev–Trinajstić information content (AvgIpc) is 2.79. The minimum absolute atomic E-state index is 0.124. The Bertz CT molecular complexity index is 725. The molecule has 0 aliphatic carbocycles. The Morgan fingerprint density at radius 2 is 1.91 bits per heavy atom. The van der Waals surface area contributed by atoms with Gasteiger partial charge in [-0.1, -0.05) is 13.0 Å². The molecule has 22 heavy (non-hydrogen) atoms. The normalized spacial score (nSPS) is 21.9. The lowest BCUT2D eigenvalue weighted by molar-refractivity contribution is -0.142. The number of hydrogen-bond donors (Lipinski definition) is 1. The lowest BCUT2D eigenvalue weighted by atomic mass is 9.99. The third kappa shape index (κ3) is 3.14. The van der Waals surface area contributed by atoms with E-state index in [1.54, 1.807) is 26.0 Å². The Labute approximate surface area is 129 Å². The van der Waals surface area contributed by atoms with Crippen molar-refractivity contribution < 1.29 is 23.1 Å². The van der Waals surface area contributed by atoms with Crippen LogP contribution >= 0.6 is 0 Å². The predicted octanol–water partition coefficient (Wildman–Crippen LogP) is 1.19. The summed E-state index contributed by atoms with van der Waals surface area (Å²) in [6.07, 6.45) is 1.10. The van der Waals surface area contributed by atoms with Crippen LogP contribution < -0.4 is 0 Å². The average molecular weight is 325 g/mol. The number of aliphatic carboxylic acids is 1. The Morgan fingerprint density at radius 3 is 2.41 bits per heavy atom. The van der Waals surface area contributed by atoms with E-state index in [1.165, 1.54) is 11.0 Å². The van der Waals surface area contributed by atoms with E-state index in [4.69, 9.17) is 5.11 Å². The summed E-state index contributed by atoms with van der Waals surface area (Å²) < 4.78 is 23.5. The molecule has 0 aromatic heterocycles. The lowest BCUT2D eigenvalue weighted by Crippen LogP contribution is -2.30. The molecule has 1 saturated heterocycles. The number of nitrogens with zero attached hydrogens (tertiary/aromatic N) is 1. The molecule has 0 spiro atoms. The highest BCUT2D eigenvalue weighted by Crippen LogP contribution is 2.26. The van der Waals surface area contributed by atoms with E-state index in [0.29, 0.717) is 12.1 Å². The Morgan fingerprint density at radius 1 is 1.27 bits per heavy atom. The van der Waals surface area contributed by atoms with Crippen LogP contribution in [-0.4, -0.2) is 49.6 Å². The van der Waals surface area contributed by atoms with Gasteiger partial charge in [-0.2, -0.15) is 0 Å². The molecule has 1 amide bonds. The van der Waals surface area contributed by atoms with E-state index in [1.807, 2.05) is 0 Å². The minimum atomic E-state index is -3.41. The number of carboxylic acids is 1. The van der Waals surface area contributed by atoms with Gasteiger partial charge in [0.25, 0.3) is 5.91 Å². The summed E-state index contributed by atoms with van der Waals surface area (Å²) in [5.41, 5.74) is 0.849. The number of rotatable bonds is 3. The molecule has 6 nitrogen and oxygen atoms in total. The molecule has 1 N–H and O–H groups in total. The number of carbonyl (C=O) groups is 2. The van der Waals surface area contributed by atoms with Gasteiger partial charge in [-0.05, 0) is 30.5 Å². The number of aryl methyl sites for hydroxylation is 1. The van der Waals surface area contributed by atoms with Crippen molar-refractivity contribution in [1.82, 2.24) is 4.90 Å². The molecule has 1 aromatic carbocycles. The summed E-state index contributed by atoms with van der Waals surface area (Å²) in [4.78, 5) is 25.2. The number of amides is 1. The van der Waals surface area contributed by atoms with Crippen LogP contribution in [0.3, 0.4) is 0 Å². The standard InChI is InChI=1S/C15H19NO5S/c1-9-4-5-11(6-13(9)22(3,20)21)14(17)16-7-10(2)12(8-16)15(18)19/h4-6,10,12H,7-8H2,1-3H3,(H,18,19)/t10-,12-/m1/s1. The third-order valence-corrected chi connectivity index (χ3v) is 5.29. The summed E-state index contributed by atoms with van der Waals surface area (Å²) in [5.74, 6) is -1.95. The minimum Gasteiger partial charge on any atom is -0.481 e. The van der Waals surface area contributed by atoms with E-state index in [0.717, 1.165) is 6.26 Å². The molecular weight excluding hydrogens is 306 g/mol. The van der Waals surface area contributed by atoms with Gasteiger partial charge in [-0.15, -0.1) is 0 Å². The topological polar surface area (TPSA) is 91.8 Å². The van der Waals surface area contributed by atoms with E-state index in [-0.39, 0.29) is 28.8 Å². The fourth-order valence-corrected chi connectivity index (χ4v) is 3.76. The van der Waals surface area contributed by atoms with Crippen molar-refractivity contribution >= 4 is 21.7 Å². The van der Waals surface area contributed by atoms with Crippen LogP contribution in [0.2, 0.25) is 0 Å². The van der Waals surface area contributed by atoms with Crippen molar-refractivity contribution in [3.8, 4) is 0 Å². The number of sulfone groups is 1. The Kier molecular flexibility index (Phi) is 4.28. The van der Waals surface area contributed by atoms with Gasteiger partial charge in [-0.3, -0.25) is 9.59 Å². The molecular formula is C15H19NO5S. The first-order valence-corrected chi connectivity index (χ1v) is 8.83. The van der Waals surface area contributed by atoms with Crippen LogP contribution in [0, 0.1) is 18.8 Å². The van der Waals surface area contributed by atoms with Gasteiger partial charge in [0.2, 0.25) is 0 Å². The van der Waals surface area contributed by atoms with Crippen LogP contribution in [0.4, 0.5) is 0 Å². The first kappa shape index (κ1) is 16.5. The highest BCUT2D eigenvalue weighted by Gasteiger charge is 2.37. The van der Waals surface area contributed by atoms with Crippen LogP contribution in [-0.2, 0) is 14.6 Å². The highest BCUT2D eigenvalue weighted by atomic mass is 32.2. The molecule has 7 heteroatoms. The Hall–Kier alpha value is -1.89. The van der Waals surface area contributed by atoms with Crippen LogP contribution in [0.25, 0.3) is 0 Å². The van der Waals surface area contributed by atoms with Crippen molar-refractivity contribution in [1.29, 1.82) is 0 Å². The van der Waals surface area contributed by atoms with E-state index >= 15 is 0 Å². The molecule has 1 heterocycles. The van der Waals surface area contributed by atoms with Crippen LogP contribution in [0.15, 0.2) is 23.1 Å². The van der Waals surface area contributed by atoms with E-state index < -0.39 is 21.7 Å². The van der Waals surface area contributed by atoms with Crippen molar-refractivity contribution in [3.05, 3.63) is 29.3 Å². The second-order valence-electron chi connectivity index (χ2n) is 5.88. The summed E-state index contributed by atoms with van der Waals surface area (Å²) in [6, 6.07) is 4.54. The fourth-order valence-electron chi connectivity index (χ4n) is 2.77. The van der Waals surface area contributed by atoms with Gasteiger partial charge >= 0.3 is 5.97 Å². The smallest absolute Gasteiger partial charge is 0.308 e. The quantitative estimate of drug-likeness (QED) is 0.901. The van der Waals surface area contributed by atoms with Gasteiger partial charge in [0.1, 0.15) is 0 Å². The zero-order valence-corrected chi connectivity index (χ0v) is 13.6. The first-order chi connectivity index (χ1) is 10.1. The SMILES string of the molecule is Cc1ccc(C(=O)N2C[C@@H](C)[C@H](C(=O)O)C2)cc1S(C)(=O)=O. The van der Waals surface area contributed by atoms with Crippen LogP contribution in [0.1, 0.15) is 22.8 Å². The van der Waals surface area contributed by atoms with Crippen LogP contribution in [0.5, 0.6) is 0 Å². The zero-order valence-electron chi connectivity index (χ0n) is 12.7. The molecule has 1 fully saturated rings. The summed E-state index contributed by atoms with van der Waals surface area (Å²) in [5, 5.41) is 9.12. The maximum atomic E-state index is 12.5. The molecule has 2 atom stereocenters. The van der Waals surface area contributed by atoms with Gasteiger partial charge in [0.05, 0.1) is 10.8 Å². The predicted molar refractivity (Wildman–Crippen MR) is 80.5 cm³/mol. The van der Waals surface area contributed by atoms with Gasteiger partial charge < -0.3 is 10.0 Å². The molecule has 120 valence electrons. The summed E-state index contributed by atoms with van der Waals surface area (Å²) in [7, 11) is -3.41. The molecule has 2 rings (SSSR count). The van der Waals surface area contributed by atoms with Gasteiger partial charge in [0, 0.05) is 24.9 Å². The van der Waals surface area contributed by atoms with E-state index in [2.05, 4.69) is 0 Å². The Balaban J connectivity index is 2.30. The molecule has 0 radical (unpaired) electrons. The van der Waals surface area contributed by atoms with E-state index in [9.17, 15) is 18.0 Å². The van der Waals surface area contributed by atoms with Gasteiger partial charge in [-0.25, -0.2) is 8.42 Å². The molecule has 1 aliphatic heterocycles. The number of carboxylic acid groups (broad SMARTS) is 1. The number of hydrogen-bond acceptors (Lipinski definition) is 4. The van der Waals surface area contributed by atoms with Crippen molar-refractivity contribution in [2.24, 2.45) is 11.8 Å². The second-order valence-corrected chi connectivity index (χ2v) is 7.87. The number of carbonyl (C=O) groups excluding carboxylic acids is 1. The zero-order chi connectivity index (χ0) is 16.7. The maximum absolute atomic E-state index is 12.5. The first-order valence-electron chi connectivity index (χ1n) is 6.94.